The first-order chi connectivity index (χ1) is 14.0. The molecule has 4 rings (SSSR count). The van der Waals surface area contributed by atoms with Gasteiger partial charge in [0, 0.05) is 5.92 Å². The van der Waals surface area contributed by atoms with Gasteiger partial charge in [0.15, 0.2) is 0 Å². The van der Waals surface area contributed by atoms with Gasteiger partial charge in [-0.1, -0.05) is 48.5 Å². The summed E-state index contributed by atoms with van der Waals surface area (Å²) in [7, 11) is 0. The molecule has 144 valence electrons. The highest BCUT2D eigenvalue weighted by molar-refractivity contribution is 6.23. The first-order valence-corrected chi connectivity index (χ1v) is 8.96. The van der Waals surface area contributed by atoms with Gasteiger partial charge >= 0.3 is 5.97 Å². The van der Waals surface area contributed by atoms with Gasteiger partial charge in [0.05, 0.1) is 17.4 Å². The monoisotopic (exact) mass is 387 g/mol. The maximum absolute atomic E-state index is 13.3. The van der Waals surface area contributed by atoms with E-state index in [1.165, 1.54) is 36.6 Å². The first-order valence-electron chi connectivity index (χ1n) is 8.96. The Hall–Kier alpha value is -3.93. The van der Waals surface area contributed by atoms with Crippen LogP contribution in [0.15, 0.2) is 90.1 Å². The molecule has 6 heteroatoms. The van der Waals surface area contributed by atoms with Crippen LogP contribution in [0.25, 0.3) is 0 Å². The van der Waals surface area contributed by atoms with Gasteiger partial charge in [-0.3, -0.25) is 9.59 Å². The first kappa shape index (κ1) is 18.4. The fourth-order valence-electron chi connectivity index (χ4n) is 3.95. The van der Waals surface area contributed by atoms with Crippen molar-refractivity contribution in [2.24, 2.45) is 0 Å². The second-order valence-electron chi connectivity index (χ2n) is 6.66. The summed E-state index contributed by atoms with van der Waals surface area (Å²) in [6.45, 7) is 3.81. The summed E-state index contributed by atoms with van der Waals surface area (Å²) in [5.41, 5.74) is -1.24. The second-order valence-corrected chi connectivity index (χ2v) is 6.66. The van der Waals surface area contributed by atoms with E-state index < -0.39 is 29.2 Å². The van der Waals surface area contributed by atoms with Crippen molar-refractivity contribution in [1.82, 2.24) is 4.90 Å². The van der Waals surface area contributed by atoms with Crippen LogP contribution < -0.4 is 0 Å². The Morgan fingerprint density at radius 3 is 2.03 bits per heavy atom. The lowest BCUT2D eigenvalue weighted by Gasteiger charge is -2.40. The maximum Gasteiger partial charge on any atom is 0.339 e. The standard InChI is InChI=1S/C23H17NO5/c1-2-18(15-9-4-3-5-10-15)23(22(27)28,19-13-8-14-29-19)24-20(25)16-11-6-7-12-17(16)21(24)26/h2-14,18H,1H2,(H,27,28)/t18-,23+/m1/s1. The third-order valence-corrected chi connectivity index (χ3v) is 5.21. The number of amides is 2. The quantitative estimate of drug-likeness (QED) is 0.513. The highest BCUT2D eigenvalue weighted by atomic mass is 16.4. The number of hydrogen-bond acceptors (Lipinski definition) is 4. The second kappa shape index (κ2) is 6.91. The van der Waals surface area contributed by atoms with Crippen LogP contribution in [-0.2, 0) is 10.3 Å². The number of fused-ring (bicyclic) bond motifs is 1. The normalized spacial score (nSPS) is 16.2. The number of rotatable bonds is 6. The molecule has 0 fully saturated rings. The van der Waals surface area contributed by atoms with Crippen LogP contribution >= 0.6 is 0 Å². The predicted octanol–water partition coefficient (Wildman–Crippen LogP) is 3.83. The molecule has 2 aromatic carbocycles. The molecule has 0 aliphatic carbocycles. The predicted molar refractivity (Wildman–Crippen MR) is 104 cm³/mol. The van der Waals surface area contributed by atoms with E-state index in [9.17, 15) is 19.5 Å². The van der Waals surface area contributed by atoms with Gasteiger partial charge < -0.3 is 9.52 Å². The zero-order valence-corrected chi connectivity index (χ0v) is 15.3. The largest absolute Gasteiger partial charge is 0.479 e. The van der Waals surface area contributed by atoms with Crippen LogP contribution in [-0.4, -0.2) is 27.8 Å². The smallest absolute Gasteiger partial charge is 0.339 e. The number of carboxylic acid groups (broad SMARTS) is 1. The van der Waals surface area contributed by atoms with Crippen molar-refractivity contribution >= 4 is 17.8 Å². The molecule has 0 bridgehead atoms. The zero-order valence-electron chi connectivity index (χ0n) is 15.3. The molecule has 1 aliphatic heterocycles. The molecule has 3 aromatic rings. The number of hydrogen-bond donors (Lipinski definition) is 1. The van der Waals surface area contributed by atoms with E-state index in [2.05, 4.69) is 6.58 Å². The van der Waals surface area contributed by atoms with Gasteiger partial charge in [-0.25, -0.2) is 9.69 Å². The Labute approximate surface area is 166 Å². The number of imide groups is 1. The van der Waals surface area contributed by atoms with E-state index in [1.807, 2.05) is 0 Å². The highest BCUT2D eigenvalue weighted by Crippen LogP contribution is 2.47. The number of carbonyl (C=O) groups excluding carboxylic acids is 2. The number of aliphatic carboxylic acids is 1. The van der Waals surface area contributed by atoms with E-state index in [0.717, 1.165) is 4.90 Å². The minimum absolute atomic E-state index is 0.0340. The summed E-state index contributed by atoms with van der Waals surface area (Å²) in [5.74, 6) is -3.75. The summed E-state index contributed by atoms with van der Waals surface area (Å²) in [6, 6.07) is 18.0. The van der Waals surface area contributed by atoms with Crippen molar-refractivity contribution < 1.29 is 23.9 Å². The maximum atomic E-state index is 13.3. The lowest BCUT2D eigenvalue weighted by molar-refractivity contribution is -0.151. The Kier molecular flexibility index (Phi) is 4.39. The topological polar surface area (TPSA) is 87.8 Å². The number of carbonyl (C=O) groups is 3. The fourth-order valence-corrected chi connectivity index (χ4v) is 3.95. The summed E-state index contributed by atoms with van der Waals surface area (Å²) in [6.07, 6.45) is 2.74. The van der Waals surface area contributed by atoms with Gasteiger partial charge in [0.1, 0.15) is 5.76 Å². The van der Waals surface area contributed by atoms with Crippen molar-refractivity contribution in [1.29, 1.82) is 0 Å². The average molecular weight is 387 g/mol. The van der Waals surface area contributed by atoms with Crippen molar-refractivity contribution in [3.8, 4) is 0 Å². The summed E-state index contributed by atoms with van der Waals surface area (Å²) >= 11 is 0. The van der Waals surface area contributed by atoms with E-state index in [-0.39, 0.29) is 16.9 Å². The van der Waals surface area contributed by atoms with Crippen LogP contribution in [0.1, 0.15) is 38.0 Å². The van der Waals surface area contributed by atoms with Crippen molar-refractivity contribution in [3.63, 3.8) is 0 Å². The van der Waals surface area contributed by atoms with Crippen molar-refractivity contribution in [2.45, 2.75) is 11.5 Å². The summed E-state index contributed by atoms with van der Waals surface area (Å²) < 4.78 is 5.50. The average Bonchev–Trinajstić information content (AvgIpc) is 3.36. The molecule has 1 aromatic heterocycles. The Morgan fingerprint density at radius 1 is 0.966 bits per heavy atom. The summed E-state index contributed by atoms with van der Waals surface area (Å²) in [5, 5.41) is 10.5. The third-order valence-electron chi connectivity index (χ3n) is 5.21. The molecule has 6 nitrogen and oxygen atoms in total. The zero-order chi connectivity index (χ0) is 20.6. The molecule has 0 radical (unpaired) electrons. The van der Waals surface area contributed by atoms with Gasteiger partial charge in [0.25, 0.3) is 11.8 Å². The molecule has 29 heavy (non-hydrogen) atoms. The fraction of sp³-hybridized carbons (Fsp3) is 0.0870. The van der Waals surface area contributed by atoms with E-state index in [4.69, 9.17) is 4.42 Å². The molecular weight excluding hydrogens is 370 g/mol. The molecule has 2 amide bonds. The van der Waals surface area contributed by atoms with Crippen molar-refractivity contribution in [2.75, 3.05) is 0 Å². The lowest BCUT2D eigenvalue weighted by atomic mass is 9.75. The molecule has 1 aliphatic rings. The molecule has 2 heterocycles. The lowest BCUT2D eigenvalue weighted by Crippen LogP contribution is -2.57. The van der Waals surface area contributed by atoms with Crippen LogP contribution in [0.2, 0.25) is 0 Å². The van der Waals surface area contributed by atoms with Crippen LogP contribution in [0.4, 0.5) is 0 Å². The van der Waals surface area contributed by atoms with E-state index in [1.54, 1.807) is 42.5 Å². The molecule has 1 N–H and O–H groups in total. The number of furan rings is 1. The Balaban J connectivity index is 2.03. The van der Waals surface area contributed by atoms with Crippen LogP contribution in [0, 0.1) is 0 Å². The molecule has 0 saturated carbocycles. The van der Waals surface area contributed by atoms with Crippen molar-refractivity contribution in [3.05, 3.63) is 108 Å². The highest BCUT2D eigenvalue weighted by Gasteiger charge is 2.61. The Bertz CT molecular complexity index is 1070. The van der Waals surface area contributed by atoms with E-state index in [0.29, 0.717) is 5.56 Å². The summed E-state index contributed by atoms with van der Waals surface area (Å²) in [4.78, 5) is 40.2. The van der Waals surface area contributed by atoms with Gasteiger partial charge in [-0.2, -0.15) is 0 Å². The molecule has 0 spiro atoms. The van der Waals surface area contributed by atoms with Gasteiger partial charge in [0.2, 0.25) is 5.54 Å². The van der Waals surface area contributed by atoms with E-state index >= 15 is 0 Å². The number of benzene rings is 2. The van der Waals surface area contributed by atoms with Gasteiger partial charge in [-0.15, -0.1) is 6.58 Å². The van der Waals surface area contributed by atoms with Crippen LogP contribution in [0.5, 0.6) is 0 Å². The number of nitrogens with zero attached hydrogens (tertiary/aromatic N) is 1. The molecule has 0 unspecified atom stereocenters. The van der Waals surface area contributed by atoms with Gasteiger partial charge in [-0.05, 0) is 29.8 Å². The number of carboxylic acids is 1. The molecule has 2 atom stereocenters. The van der Waals surface area contributed by atoms with Crippen LogP contribution in [0.3, 0.4) is 0 Å². The third kappa shape index (κ3) is 2.53. The molecular formula is C23H17NO5. The SMILES string of the molecule is C=C[C@H](c1ccccc1)[C@@](C(=O)O)(c1ccco1)N1C(=O)c2ccccc2C1=O. The Morgan fingerprint density at radius 2 is 1.55 bits per heavy atom. The minimum atomic E-state index is -2.14. The molecule has 0 saturated heterocycles. The minimum Gasteiger partial charge on any atom is -0.479 e.